The zero-order chi connectivity index (χ0) is 27.4. The van der Waals surface area contributed by atoms with E-state index in [-0.39, 0.29) is 23.8 Å². The smallest absolute Gasteiger partial charge is 0.343 e. The van der Waals surface area contributed by atoms with Crippen molar-refractivity contribution in [2.24, 2.45) is 5.92 Å². The molecule has 2 aromatic rings. The number of rotatable bonds is 7. The lowest BCUT2D eigenvalue weighted by molar-refractivity contribution is -0.139. The second kappa shape index (κ2) is 11.8. The summed E-state index contributed by atoms with van der Waals surface area (Å²) in [6.45, 7) is 3.99. The van der Waals surface area contributed by atoms with Crippen LogP contribution in [0.4, 0.5) is 13.2 Å². The zero-order valence-corrected chi connectivity index (χ0v) is 22.1. The van der Waals surface area contributed by atoms with Crippen LogP contribution in [0.2, 0.25) is 0 Å². The number of carbonyl (C=O) groups excluding carboxylic acids is 2. The first-order chi connectivity index (χ1) is 18.1. The van der Waals surface area contributed by atoms with Gasteiger partial charge in [-0.2, -0.15) is 13.2 Å². The number of amides is 2. The lowest BCUT2D eigenvalue weighted by Gasteiger charge is -2.35. The van der Waals surface area contributed by atoms with Gasteiger partial charge >= 0.3 is 6.18 Å². The first-order valence-electron chi connectivity index (χ1n) is 13.4. The maximum absolute atomic E-state index is 14.0. The molecule has 1 saturated carbocycles. The molecule has 1 aromatic heterocycles. The van der Waals surface area contributed by atoms with E-state index in [1.807, 2.05) is 0 Å². The molecule has 0 radical (unpaired) electrons. The molecule has 38 heavy (non-hydrogen) atoms. The fraction of sp³-hybridized carbons (Fsp3) is 0.571. The number of likely N-dealkylation sites (tertiary alicyclic amines) is 1. The third kappa shape index (κ3) is 6.34. The Morgan fingerprint density at radius 2 is 1.79 bits per heavy atom. The van der Waals surface area contributed by atoms with Crippen LogP contribution >= 0.6 is 0 Å². The SMILES string of the molecule is CNC(C)C(=O)NC(C(=O)N1CCCC1c1cc(-c2cccc(C(F)(F)F)c2)nc(C)n1)C1CCCCC1. The van der Waals surface area contributed by atoms with Gasteiger partial charge in [0.15, 0.2) is 0 Å². The summed E-state index contributed by atoms with van der Waals surface area (Å²) in [5.74, 6) is 0.164. The average molecular weight is 532 g/mol. The van der Waals surface area contributed by atoms with Gasteiger partial charge in [0.1, 0.15) is 11.9 Å². The number of nitrogens with one attached hydrogen (secondary N) is 2. The summed E-state index contributed by atoms with van der Waals surface area (Å²) < 4.78 is 39.9. The Labute approximate surface area is 221 Å². The van der Waals surface area contributed by atoms with E-state index in [0.717, 1.165) is 50.7 Å². The molecule has 2 N–H and O–H groups in total. The number of carbonyl (C=O) groups is 2. The Kier molecular flexibility index (Phi) is 8.70. The van der Waals surface area contributed by atoms with Crippen LogP contribution < -0.4 is 10.6 Å². The van der Waals surface area contributed by atoms with E-state index in [9.17, 15) is 22.8 Å². The van der Waals surface area contributed by atoms with E-state index in [1.165, 1.54) is 6.07 Å². The molecule has 1 saturated heterocycles. The first-order valence-corrected chi connectivity index (χ1v) is 13.4. The molecule has 10 heteroatoms. The summed E-state index contributed by atoms with van der Waals surface area (Å²) in [7, 11) is 1.71. The molecule has 1 aliphatic carbocycles. The Morgan fingerprint density at radius 1 is 1.05 bits per heavy atom. The maximum atomic E-state index is 14.0. The molecule has 2 aliphatic rings. The fourth-order valence-corrected chi connectivity index (χ4v) is 5.54. The Morgan fingerprint density at radius 3 is 2.47 bits per heavy atom. The second-order valence-electron chi connectivity index (χ2n) is 10.4. The van der Waals surface area contributed by atoms with Crippen molar-refractivity contribution >= 4 is 11.8 Å². The molecule has 1 aromatic carbocycles. The zero-order valence-electron chi connectivity index (χ0n) is 22.1. The molecule has 1 aliphatic heterocycles. The highest BCUT2D eigenvalue weighted by molar-refractivity contribution is 5.90. The average Bonchev–Trinajstić information content (AvgIpc) is 3.40. The molecule has 2 fully saturated rings. The van der Waals surface area contributed by atoms with E-state index in [2.05, 4.69) is 20.6 Å². The molecule has 3 unspecified atom stereocenters. The highest BCUT2D eigenvalue weighted by Gasteiger charge is 2.40. The molecule has 3 atom stereocenters. The van der Waals surface area contributed by atoms with E-state index >= 15 is 0 Å². The minimum Gasteiger partial charge on any atom is -0.343 e. The van der Waals surface area contributed by atoms with Gasteiger partial charge in [-0.25, -0.2) is 9.97 Å². The lowest BCUT2D eigenvalue weighted by Crippen LogP contribution is -2.55. The summed E-state index contributed by atoms with van der Waals surface area (Å²) in [5.41, 5.74) is 0.592. The number of alkyl halides is 3. The summed E-state index contributed by atoms with van der Waals surface area (Å²) >= 11 is 0. The normalized spacial score (nSPS) is 20.3. The van der Waals surface area contributed by atoms with Crippen LogP contribution in [0.15, 0.2) is 30.3 Å². The number of hydrogen-bond acceptors (Lipinski definition) is 5. The van der Waals surface area contributed by atoms with Crippen LogP contribution in [0.25, 0.3) is 11.3 Å². The van der Waals surface area contributed by atoms with Crippen molar-refractivity contribution in [2.75, 3.05) is 13.6 Å². The van der Waals surface area contributed by atoms with Gasteiger partial charge in [0.05, 0.1) is 29.0 Å². The van der Waals surface area contributed by atoms with E-state index in [1.54, 1.807) is 37.9 Å². The first kappa shape index (κ1) is 28.0. The summed E-state index contributed by atoms with van der Waals surface area (Å²) in [5, 5.41) is 5.96. The monoisotopic (exact) mass is 531 g/mol. The Bertz CT molecular complexity index is 1150. The predicted molar refractivity (Wildman–Crippen MR) is 138 cm³/mol. The number of benzene rings is 1. The molecule has 206 valence electrons. The van der Waals surface area contributed by atoms with Gasteiger partial charge in [0, 0.05) is 12.1 Å². The third-order valence-electron chi connectivity index (χ3n) is 7.73. The summed E-state index contributed by atoms with van der Waals surface area (Å²) in [6, 6.07) is 5.38. The van der Waals surface area contributed by atoms with Crippen LogP contribution in [-0.4, -0.2) is 52.4 Å². The van der Waals surface area contributed by atoms with Gasteiger partial charge in [0.2, 0.25) is 11.8 Å². The van der Waals surface area contributed by atoms with Crippen LogP contribution in [0.3, 0.4) is 0 Å². The van der Waals surface area contributed by atoms with Crippen molar-refractivity contribution in [1.29, 1.82) is 0 Å². The third-order valence-corrected chi connectivity index (χ3v) is 7.73. The van der Waals surface area contributed by atoms with Crippen molar-refractivity contribution in [2.45, 2.75) is 83.1 Å². The molecule has 2 heterocycles. The van der Waals surface area contributed by atoms with Crippen molar-refractivity contribution in [3.8, 4) is 11.3 Å². The van der Waals surface area contributed by atoms with Gasteiger partial charge < -0.3 is 15.5 Å². The van der Waals surface area contributed by atoms with Gasteiger partial charge in [0.25, 0.3) is 0 Å². The van der Waals surface area contributed by atoms with Gasteiger partial charge in [-0.15, -0.1) is 0 Å². The highest BCUT2D eigenvalue weighted by Crippen LogP contribution is 2.36. The molecule has 0 spiro atoms. The summed E-state index contributed by atoms with van der Waals surface area (Å²) in [4.78, 5) is 37.6. The number of hydrogen-bond donors (Lipinski definition) is 2. The molecule has 2 amide bonds. The number of aryl methyl sites for hydroxylation is 1. The molecule has 0 bridgehead atoms. The molecule has 4 rings (SSSR count). The Balaban J connectivity index is 1.63. The van der Waals surface area contributed by atoms with Crippen molar-refractivity contribution in [3.05, 3.63) is 47.4 Å². The largest absolute Gasteiger partial charge is 0.416 e. The Hall–Kier alpha value is -3.01. The molecule has 7 nitrogen and oxygen atoms in total. The number of likely N-dealkylation sites (N-methyl/N-ethyl adjacent to an activating group) is 1. The number of halogens is 3. The van der Waals surface area contributed by atoms with Gasteiger partial charge in [-0.3, -0.25) is 9.59 Å². The van der Waals surface area contributed by atoms with Crippen LogP contribution in [0, 0.1) is 12.8 Å². The quantitative estimate of drug-likeness (QED) is 0.536. The highest BCUT2D eigenvalue weighted by atomic mass is 19.4. The van der Waals surface area contributed by atoms with E-state index in [0.29, 0.717) is 35.7 Å². The van der Waals surface area contributed by atoms with Gasteiger partial charge in [-0.1, -0.05) is 31.4 Å². The predicted octanol–water partition coefficient (Wildman–Crippen LogP) is 4.81. The standard InChI is InChI=1S/C28H36F3N5O2/c1-17(32-3)26(37)35-25(19-9-5-4-6-10-19)27(38)36-14-8-13-24(36)23-16-22(33-18(2)34-23)20-11-7-12-21(15-20)28(29,30)31/h7,11-12,15-17,19,24-25,32H,4-6,8-10,13-14H2,1-3H3,(H,35,37). The number of nitrogens with zero attached hydrogens (tertiary/aromatic N) is 3. The van der Waals surface area contributed by atoms with Crippen LogP contribution in [0.5, 0.6) is 0 Å². The number of aromatic nitrogens is 2. The van der Waals surface area contributed by atoms with Gasteiger partial charge in [-0.05, 0) is 70.7 Å². The van der Waals surface area contributed by atoms with Crippen molar-refractivity contribution in [1.82, 2.24) is 25.5 Å². The van der Waals surface area contributed by atoms with Crippen molar-refractivity contribution < 1.29 is 22.8 Å². The fourth-order valence-electron chi connectivity index (χ4n) is 5.54. The second-order valence-corrected chi connectivity index (χ2v) is 10.4. The summed E-state index contributed by atoms with van der Waals surface area (Å²) in [6.07, 6.45) is 1.95. The molecular weight excluding hydrogens is 495 g/mol. The minimum atomic E-state index is -4.46. The van der Waals surface area contributed by atoms with E-state index in [4.69, 9.17) is 0 Å². The molecular formula is C28H36F3N5O2. The van der Waals surface area contributed by atoms with E-state index < -0.39 is 23.8 Å². The van der Waals surface area contributed by atoms with Crippen LogP contribution in [-0.2, 0) is 15.8 Å². The van der Waals surface area contributed by atoms with Crippen molar-refractivity contribution in [3.63, 3.8) is 0 Å². The maximum Gasteiger partial charge on any atom is 0.416 e. The topological polar surface area (TPSA) is 87.2 Å². The van der Waals surface area contributed by atoms with Crippen LogP contribution in [0.1, 0.15) is 75.0 Å². The minimum absolute atomic E-state index is 0.0679. The lowest BCUT2D eigenvalue weighted by atomic mass is 9.83.